The zero-order valence-corrected chi connectivity index (χ0v) is 18.8. The predicted octanol–water partition coefficient (Wildman–Crippen LogP) is 5.12. The first-order valence-electron chi connectivity index (χ1n) is 11.2. The third-order valence-electron chi connectivity index (χ3n) is 7.53. The Morgan fingerprint density at radius 2 is 1.69 bits per heavy atom. The number of benzene rings is 3. The predicted molar refractivity (Wildman–Crippen MR) is 127 cm³/mol. The SMILES string of the molecule is Cc1ccc(S(=O)(=O)N2C[C@H]3[C@H](c4ccccc4)C3(Cc3c[nH]c4ccccc34)C2)cc1. The van der Waals surface area contributed by atoms with Gasteiger partial charge in [-0.15, -0.1) is 0 Å². The van der Waals surface area contributed by atoms with Crippen LogP contribution in [0.25, 0.3) is 10.9 Å². The van der Waals surface area contributed by atoms with E-state index in [2.05, 4.69) is 53.6 Å². The van der Waals surface area contributed by atoms with Crippen molar-refractivity contribution in [2.24, 2.45) is 11.3 Å². The molecule has 1 saturated heterocycles. The van der Waals surface area contributed by atoms with E-state index in [4.69, 9.17) is 0 Å². The molecule has 2 fully saturated rings. The highest BCUT2D eigenvalue weighted by Crippen LogP contribution is 2.70. The van der Waals surface area contributed by atoms with Crippen LogP contribution in [0, 0.1) is 18.3 Å². The lowest BCUT2D eigenvalue weighted by molar-refractivity contribution is 0.383. The summed E-state index contributed by atoms with van der Waals surface area (Å²) in [6.07, 6.45) is 2.98. The second-order valence-corrected chi connectivity index (χ2v) is 11.3. The lowest BCUT2D eigenvalue weighted by Crippen LogP contribution is -2.33. The molecule has 0 spiro atoms. The van der Waals surface area contributed by atoms with E-state index in [1.54, 1.807) is 16.4 Å². The molecule has 4 aromatic rings. The lowest BCUT2D eigenvalue weighted by atomic mass is 9.91. The van der Waals surface area contributed by atoms with Gasteiger partial charge in [0.1, 0.15) is 0 Å². The van der Waals surface area contributed by atoms with Gasteiger partial charge in [-0.05, 0) is 54.5 Å². The number of nitrogens with zero attached hydrogens (tertiary/aromatic N) is 1. The van der Waals surface area contributed by atoms with E-state index in [-0.39, 0.29) is 5.41 Å². The number of hydrogen-bond acceptors (Lipinski definition) is 2. The van der Waals surface area contributed by atoms with E-state index in [9.17, 15) is 8.42 Å². The molecule has 1 aliphatic carbocycles. The zero-order valence-electron chi connectivity index (χ0n) is 18.0. The minimum absolute atomic E-state index is 0.0654. The van der Waals surface area contributed by atoms with Crippen molar-refractivity contribution >= 4 is 20.9 Å². The van der Waals surface area contributed by atoms with Gasteiger partial charge in [0, 0.05) is 35.6 Å². The van der Waals surface area contributed by atoms with Gasteiger partial charge in [0.25, 0.3) is 0 Å². The normalized spacial score (nSPS) is 25.2. The van der Waals surface area contributed by atoms with Crippen molar-refractivity contribution in [3.63, 3.8) is 0 Å². The first-order chi connectivity index (χ1) is 15.5. The molecule has 1 N–H and O–H groups in total. The molecule has 5 heteroatoms. The largest absolute Gasteiger partial charge is 0.361 e. The first-order valence-corrected chi connectivity index (χ1v) is 12.6. The van der Waals surface area contributed by atoms with Crippen molar-refractivity contribution in [1.82, 2.24) is 9.29 Å². The Balaban J connectivity index is 1.36. The van der Waals surface area contributed by atoms with Crippen LogP contribution in [-0.2, 0) is 16.4 Å². The van der Waals surface area contributed by atoms with E-state index in [0.29, 0.717) is 29.8 Å². The monoisotopic (exact) mass is 442 g/mol. The first kappa shape index (κ1) is 19.8. The van der Waals surface area contributed by atoms with Crippen LogP contribution in [0.1, 0.15) is 22.6 Å². The molecule has 32 heavy (non-hydrogen) atoms. The maximum absolute atomic E-state index is 13.4. The molecule has 0 bridgehead atoms. The summed E-state index contributed by atoms with van der Waals surface area (Å²) in [5, 5.41) is 1.24. The molecular formula is C27H26N2O2S. The molecule has 4 nitrogen and oxygen atoms in total. The summed E-state index contributed by atoms with van der Waals surface area (Å²) in [7, 11) is -3.50. The highest BCUT2D eigenvalue weighted by molar-refractivity contribution is 7.89. The molecule has 0 amide bonds. The van der Waals surface area contributed by atoms with Gasteiger partial charge in [0.05, 0.1) is 4.90 Å². The summed E-state index contributed by atoms with van der Waals surface area (Å²) in [5.74, 6) is 0.723. The fourth-order valence-corrected chi connectivity index (χ4v) is 7.43. The Morgan fingerprint density at radius 1 is 0.969 bits per heavy atom. The summed E-state index contributed by atoms with van der Waals surface area (Å²) in [5.41, 5.74) is 4.73. The number of rotatable bonds is 5. The van der Waals surface area contributed by atoms with Crippen LogP contribution in [0.3, 0.4) is 0 Å². The summed E-state index contributed by atoms with van der Waals surface area (Å²) in [6.45, 7) is 3.12. The van der Waals surface area contributed by atoms with Crippen molar-refractivity contribution in [3.05, 3.63) is 102 Å². The molecule has 0 radical (unpaired) electrons. The van der Waals surface area contributed by atoms with Crippen molar-refractivity contribution in [1.29, 1.82) is 0 Å². The van der Waals surface area contributed by atoms with E-state index in [1.807, 2.05) is 31.2 Å². The van der Waals surface area contributed by atoms with E-state index in [0.717, 1.165) is 17.5 Å². The number of sulfonamides is 1. The minimum atomic E-state index is -3.50. The van der Waals surface area contributed by atoms with Crippen molar-refractivity contribution in [2.45, 2.75) is 24.2 Å². The van der Waals surface area contributed by atoms with Crippen LogP contribution in [0.15, 0.2) is 90.0 Å². The van der Waals surface area contributed by atoms with Gasteiger partial charge >= 0.3 is 0 Å². The van der Waals surface area contributed by atoms with Crippen LogP contribution >= 0.6 is 0 Å². The highest BCUT2D eigenvalue weighted by Gasteiger charge is 2.70. The number of aromatic nitrogens is 1. The molecule has 1 aromatic heterocycles. The lowest BCUT2D eigenvalue weighted by Gasteiger charge is -2.24. The Labute approximate surface area is 188 Å². The molecule has 162 valence electrons. The fourth-order valence-electron chi connectivity index (χ4n) is 5.89. The van der Waals surface area contributed by atoms with Crippen LogP contribution < -0.4 is 0 Å². The topological polar surface area (TPSA) is 53.2 Å². The number of nitrogens with one attached hydrogen (secondary N) is 1. The minimum Gasteiger partial charge on any atom is -0.361 e. The maximum atomic E-state index is 13.4. The van der Waals surface area contributed by atoms with Crippen molar-refractivity contribution < 1.29 is 8.42 Å². The molecule has 1 unspecified atom stereocenters. The van der Waals surface area contributed by atoms with E-state index < -0.39 is 10.0 Å². The third-order valence-corrected chi connectivity index (χ3v) is 9.36. The Kier molecular flexibility index (Phi) is 4.36. The summed E-state index contributed by atoms with van der Waals surface area (Å²) >= 11 is 0. The van der Waals surface area contributed by atoms with E-state index >= 15 is 0 Å². The Bertz CT molecular complexity index is 1390. The number of aryl methyl sites for hydroxylation is 1. The zero-order chi connectivity index (χ0) is 21.9. The summed E-state index contributed by atoms with van der Waals surface area (Å²) < 4.78 is 28.6. The van der Waals surface area contributed by atoms with Crippen molar-refractivity contribution in [2.75, 3.05) is 13.1 Å². The second-order valence-electron chi connectivity index (χ2n) is 9.37. The van der Waals surface area contributed by atoms with Crippen LogP contribution in [0.5, 0.6) is 0 Å². The Hall–Kier alpha value is -2.89. The van der Waals surface area contributed by atoms with Gasteiger partial charge in [-0.25, -0.2) is 8.42 Å². The third kappa shape index (κ3) is 2.95. The number of piperidine rings is 1. The molecule has 2 heterocycles. The standard InChI is InChI=1S/C27H26N2O2S/c1-19-11-13-22(14-12-19)32(30,31)29-17-24-26(20-7-3-2-4-8-20)27(24,18-29)15-21-16-28-25-10-6-5-9-23(21)25/h2-14,16,24,26,28H,15,17-18H2,1H3/t24-,26-,27?/m0/s1. The van der Waals surface area contributed by atoms with Crippen LogP contribution in [0.4, 0.5) is 0 Å². The fraction of sp³-hybridized carbons (Fsp3) is 0.259. The summed E-state index contributed by atoms with van der Waals surface area (Å²) in [6, 6.07) is 26.2. The number of para-hydroxylation sites is 1. The molecule has 2 aliphatic rings. The average molecular weight is 443 g/mol. The molecule has 3 atom stereocenters. The smallest absolute Gasteiger partial charge is 0.243 e. The number of aromatic amines is 1. The van der Waals surface area contributed by atoms with Crippen LogP contribution in [-0.4, -0.2) is 30.8 Å². The van der Waals surface area contributed by atoms with Gasteiger partial charge in [0.15, 0.2) is 0 Å². The maximum Gasteiger partial charge on any atom is 0.243 e. The quantitative estimate of drug-likeness (QED) is 0.466. The van der Waals surface area contributed by atoms with Gasteiger partial charge in [-0.2, -0.15) is 4.31 Å². The number of hydrogen-bond donors (Lipinski definition) is 1. The Morgan fingerprint density at radius 3 is 2.47 bits per heavy atom. The molecule has 1 aliphatic heterocycles. The molecule has 3 aromatic carbocycles. The second kappa shape index (κ2) is 7.06. The van der Waals surface area contributed by atoms with Gasteiger partial charge in [-0.3, -0.25) is 0 Å². The van der Waals surface area contributed by atoms with Crippen molar-refractivity contribution in [3.8, 4) is 0 Å². The van der Waals surface area contributed by atoms with Gasteiger partial charge in [0.2, 0.25) is 10.0 Å². The highest BCUT2D eigenvalue weighted by atomic mass is 32.2. The van der Waals surface area contributed by atoms with Crippen LogP contribution in [0.2, 0.25) is 0 Å². The molecule has 1 saturated carbocycles. The van der Waals surface area contributed by atoms with Gasteiger partial charge in [-0.1, -0.05) is 66.2 Å². The number of fused-ring (bicyclic) bond motifs is 2. The number of H-pyrrole nitrogens is 1. The van der Waals surface area contributed by atoms with Gasteiger partial charge < -0.3 is 4.98 Å². The molecule has 6 rings (SSSR count). The van der Waals surface area contributed by atoms with E-state index in [1.165, 1.54) is 16.5 Å². The average Bonchev–Trinajstić information content (AvgIpc) is 3.08. The molecular weight excluding hydrogens is 416 g/mol. The summed E-state index contributed by atoms with van der Waals surface area (Å²) in [4.78, 5) is 3.78.